The third kappa shape index (κ3) is 5.64. The highest BCUT2D eigenvalue weighted by Crippen LogP contribution is 2.64. The van der Waals surface area contributed by atoms with Gasteiger partial charge in [0.2, 0.25) is 0 Å². The van der Waals surface area contributed by atoms with Gasteiger partial charge >= 0.3 is 0 Å². The summed E-state index contributed by atoms with van der Waals surface area (Å²) >= 11 is 1.94. The predicted molar refractivity (Wildman–Crippen MR) is 256 cm³/mol. The van der Waals surface area contributed by atoms with Crippen LogP contribution in [0.25, 0.3) is 55.3 Å². The molecule has 10 aromatic rings. The van der Waals surface area contributed by atoms with Gasteiger partial charge in [-0.3, -0.25) is 0 Å². The summed E-state index contributed by atoms with van der Waals surface area (Å²) in [5.74, 6) is 0. The van der Waals surface area contributed by atoms with Crippen molar-refractivity contribution in [2.45, 2.75) is 15.2 Å². The Hall–Kier alpha value is -7.39. The summed E-state index contributed by atoms with van der Waals surface area (Å²) in [5, 5.41) is 2.57. The molecule has 0 fully saturated rings. The number of nitrogens with zero attached hydrogens (tertiary/aromatic N) is 1. The standard InChI is InChI=1S/C59H39NS/c1-3-14-40(15-4-1)42-26-33-46(34-27-42)60(47-35-28-43(29-36-47)41-16-5-2-6-17-41)48-37-30-45(31-38-48)50-22-13-25-55-57(50)61-58-49-19-8-7-18-44(49)32-39-56(58)59(55)53-23-11-9-20-51(53)52-21-10-12-24-54(52)59/h1-39H. The van der Waals surface area contributed by atoms with Crippen LogP contribution < -0.4 is 4.90 Å². The van der Waals surface area contributed by atoms with Gasteiger partial charge in [0.25, 0.3) is 0 Å². The van der Waals surface area contributed by atoms with Crippen molar-refractivity contribution in [1.29, 1.82) is 0 Å². The first kappa shape index (κ1) is 35.5. The summed E-state index contributed by atoms with van der Waals surface area (Å²) in [6.45, 7) is 0. The zero-order chi connectivity index (χ0) is 40.3. The minimum absolute atomic E-state index is 0.447. The molecule has 286 valence electrons. The van der Waals surface area contributed by atoms with E-state index in [2.05, 4.69) is 241 Å². The van der Waals surface area contributed by atoms with E-state index in [9.17, 15) is 0 Å². The van der Waals surface area contributed by atoms with Crippen LogP contribution in [-0.2, 0) is 5.41 Å². The average Bonchev–Trinajstić information content (AvgIpc) is 3.63. The zero-order valence-electron chi connectivity index (χ0n) is 33.4. The second-order valence-electron chi connectivity index (χ2n) is 16.0. The molecular formula is C59H39NS. The zero-order valence-corrected chi connectivity index (χ0v) is 34.2. The van der Waals surface area contributed by atoms with Crippen LogP contribution >= 0.6 is 11.8 Å². The molecule has 1 spiro atoms. The van der Waals surface area contributed by atoms with Crippen LogP contribution in [-0.4, -0.2) is 0 Å². The minimum atomic E-state index is -0.447. The maximum Gasteiger partial charge on any atom is 0.0735 e. The first-order chi connectivity index (χ1) is 30.3. The van der Waals surface area contributed by atoms with E-state index in [0.717, 1.165) is 17.1 Å². The summed E-state index contributed by atoms with van der Waals surface area (Å²) in [7, 11) is 0. The SMILES string of the molecule is c1ccc(-c2ccc(N(c3ccc(-c4ccccc4)cc3)c3ccc(-c4cccc5c4Sc4c(ccc6ccccc46)C54c5ccccc5-c5ccccc54)cc3)cc2)cc1. The van der Waals surface area contributed by atoms with E-state index in [4.69, 9.17) is 0 Å². The molecule has 1 aliphatic carbocycles. The van der Waals surface area contributed by atoms with Gasteiger partial charge in [-0.1, -0.05) is 212 Å². The highest BCUT2D eigenvalue weighted by atomic mass is 32.2. The van der Waals surface area contributed by atoms with Gasteiger partial charge in [-0.15, -0.1) is 0 Å². The molecule has 0 saturated carbocycles. The molecule has 0 aromatic heterocycles. The Morgan fingerprint density at radius 1 is 0.279 bits per heavy atom. The number of hydrogen-bond donors (Lipinski definition) is 0. The van der Waals surface area contributed by atoms with Gasteiger partial charge in [0, 0.05) is 26.9 Å². The quantitative estimate of drug-likeness (QED) is 0.165. The second kappa shape index (κ2) is 14.4. The van der Waals surface area contributed by atoms with E-state index in [-0.39, 0.29) is 0 Å². The van der Waals surface area contributed by atoms with E-state index < -0.39 is 5.41 Å². The lowest BCUT2D eigenvalue weighted by molar-refractivity contribution is 0.726. The van der Waals surface area contributed by atoms with Crippen molar-refractivity contribution in [3.63, 3.8) is 0 Å². The van der Waals surface area contributed by atoms with Gasteiger partial charge < -0.3 is 4.90 Å². The van der Waals surface area contributed by atoms with Gasteiger partial charge in [-0.05, 0) is 114 Å². The van der Waals surface area contributed by atoms with E-state index in [1.807, 2.05) is 11.8 Å². The maximum atomic E-state index is 2.40. The number of anilines is 3. The summed E-state index contributed by atoms with van der Waals surface area (Å²) in [6.07, 6.45) is 0. The number of hydrogen-bond acceptors (Lipinski definition) is 2. The molecule has 1 heterocycles. The van der Waals surface area contributed by atoms with Gasteiger partial charge in [0.1, 0.15) is 0 Å². The monoisotopic (exact) mass is 793 g/mol. The third-order valence-electron chi connectivity index (χ3n) is 12.8. The van der Waals surface area contributed by atoms with Crippen molar-refractivity contribution in [2.24, 2.45) is 0 Å². The van der Waals surface area contributed by atoms with Gasteiger partial charge in [0.05, 0.1) is 5.41 Å². The summed E-state index contributed by atoms with van der Waals surface area (Å²) in [6, 6.07) is 87.0. The fraction of sp³-hybridized carbons (Fsp3) is 0.0169. The van der Waals surface area contributed by atoms with E-state index >= 15 is 0 Å². The van der Waals surface area contributed by atoms with Crippen LogP contribution in [0.4, 0.5) is 17.1 Å². The smallest absolute Gasteiger partial charge is 0.0735 e. The molecular weight excluding hydrogens is 755 g/mol. The predicted octanol–water partition coefficient (Wildman–Crippen LogP) is 16.1. The Balaban J connectivity index is 1.01. The molecule has 2 heteroatoms. The van der Waals surface area contributed by atoms with Gasteiger partial charge in [-0.2, -0.15) is 0 Å². The molecule has 10 aromatic carbocycles. The molecule has 0 atom stereocenters. The highest BCUT2D eigenvalue weighted by Gasteiger charge is 2.50. The molecule has 1 nitrogen and oxygen atoms in total. The molecule has 1 aliphatic heterocycles. The summed E-state index contributed by atoms with van der Waals surface area (Å²) < 4.78 is 0. The molecule has 0 N–H and O–H groups in total. The minimum Gasteiger partial charge on any atom is -0.311 e. The summed E-state index contributed by atoms with van der Waals surface area (Å²) in [4.78, 5) is 5.02. The highest BCUT2D eigenvalue weighted by molar-refractivity contribution is 8.00. The third-order valence-corrected chi connectivity index (χ3v) is 14.0. The Bertz CT molecular complexity index is 3110. The van der Waals surface area contributed by atoms with Crippen LogP contribution in [0.1, 0.15) is 22.3 Å². The normalized spacial score (nSPS) is 13.0. The molecule has 0 amide bonds. The van der Waals surface area contributed by atoms with Crippen molar-refractivity contribution < 1.29 is 0 Å². The van der Waals surface area contributed by atoms with Crippen LogP contribution in [0.2, 0.25) is 0 Å². The van der Waals surface area contributed by atoms with Crippen molar-refractivity contribution in [2.75, 3.05) is 4.90 Å². The van der Waals surface area contributed by atoms with Crippen LogP contribution in [0.3, 0.4) is 0 Å². The average molecular weight is 794 g/mol. The second-order valence-corrected chi connectivity index (χ2v) is 17.0. The lowest BCUT2D eigenvalue weighted by Crippen LogP contribution is -2.32. The fourth-order valence-electron chi connectivity index (χ4n) is 9.98. The van der Waals surface area contributed by atoms with Gasteiger partial charge in [-0.25, -0.2) is 0 Å². The Labute approximate surface area is 361 Å². The Kier molecular flexibility index (Phi) is 8.40. The fourth-order valence-corrected chi connectivity index (χ4v) is 11.4. The molecule has 0 saturated heterocycles. The lowest BCUT2D eigenvalue weighted by atomic mass is 9.66. The van der Waals surface area contributed by atoms with Crippen LogP contribution in [0, 0.1) is 0 Å². The van der Waals surface area contributed by atoms with Crippen molar-refractivity contribution in [3.05, 3.63) is 259 Å². The first-order valence-electron chi connectivity index (χ1n) is 21.0. The Morgan fingerprint density at radius 2 is 0.705 bits per heavy atom. The van der Waals surface area contributed by atoms with E-state index in [0.29, 0.717) is 0 Å². The molecule has 61 heavy (non-hydrogen) atoms. The van der Waals surface area contributed by atoms with Crippen molar-refractivity contribution in [1.82, 2.24) is 0 Å². The molecule has 12 rings (SSSR count). The van der Waals surface area contributed by atoms with Crippen molar-refractivity contribution in [3.8, 4) is 44.5 Å². The molecule has 0 bridgehead atoms. The lowest BCUT2D eigenvalue weighted by Gasteiger charge is -2.41. The number of rotatable bonds is 6. The number of benzene rings is 10. The summed E-state index contributed by atoms with van der Waals surface area (Å²) in [5.41, 5.74) is 18.2. The Morgan fingerprint density at radius 3 is 1.28 bits per heavy atom. The van der Waals surface area contributed by atoms with Crippen molar-refractivity contribution >= 4 is 39.6 Å². The molecule has 2 aliphatic rings. The first-order valence-corrected chi connectivity index (χ1v) is 21.8. The van der Waals surface area contributed by atoms with Crippen LogP contribution in [0.15, 0.2) is 246 Å². The maximum absolute atomic E-state index is 2.40. The largest absolute Gasteiger partial charge is 0.311 e. The van der Waals surface area contributed by atoms with E-state index in [1.165, 1.54) is 87.3 Å². The topological polar surface area (TPSA) is 3.24 Å². The molecule has 0 radical (unpaired) electrons. The van der Waals surface area contributed by atoms with Gasteiger partial charge in [0.15, 0.2) is 0 Å². The number of fused-ring (bicyclic) bond motifs is 11. The van der Waals surface area contributed by atoms with Crippen LogP contribution in [0.5, 0.6) is 0 Å². The molecule has 0 unspecified atom stereocenters. The van der Waals surface area contributed by atoms with E-state index in [1.54, 1.807) is 0 Å².